The highest BCUT2D eigenvalue weighted by atomic mass is 16.5. The van der Waals surface area contributed by atoms with Crippen LogP contribution < -0.4 is 15.8 Å². The molecule has 0 atom stereocenters. The van der Waals surface area contributed by atoms with Crippen LogP contribution in [0.15, 0.2) is 42.6 Å². The average Bonchev–Trinajstić information content (AvgIpc) is 2.44. The van der Waals surface area contributed by atoms with Crippen LogP contribution >= 0.6 is 0 Å². The molecular formula is C15H17N3O2. The molecule has 20 heavy (non-hydrogen) atoms. The van der Waals surface area contributed by atoms with Crippen molar-refractivity contribution < 1.29 is 9.53 Å². The Balaban J connectivity index is 1.86. The number of anilines is 1. The maximum atomic E-state index is 11.2. The van der Waals surface area contributed by atoms with Gasteiger partial charge in [0.2, 0.25) is 0 Å². The molecule has 1 amide bonds. The Morgan fingerprint density at radius 3 is 2.95 bits per heavy atom. The van der Waals surface area contributed by atoms with Gasteiger partial charge in [0.1, 0.15) is 18.2 Å². The van der Waals surface area contributed by atoms with Gasteiger partial charge in [0, 0.05) is 6.20 Å². The van der Waals surface area contributed by atoms with Gasteiger partial charge < -0.3 is 15.8 Å². The van der Waals surface area contributed by atoms with E-state index in [2.05, 4.69) is 10.3 Å². The topological polar surface area (TPSA) is 77.2 Å². The van der Waals surface area contributed by atoms with Gasteiger partial charge in [-0.25, -0.2) is 4.98 Å². The number of hydrogen-bond donors (Lipinski definition) is 2. The molecule has 0 saturated carbocycles. The molecule has 1 aromatic carbocycles. The van der Waals surface area contributed by atoms with Crippen molar-refractivity contribution in [2.75, 3.05) is 18.5 Å². The molecule has 0 aliphatic heterocycles. The van der Waals surface area contributed by atoms with E-state index < -0.39 is 5.91 Å². The van der Waals surface area contributed by atoms with Gasteiger partial charge in [-0.05, 0) is 36.8 Å². The van der Waals surface area contributed by atoms with Crippen molar-refractivity contribution in [3.8, 4) is 5.75 Å². The summed E-state index contributed by atoms with van der Waals surface area (Å²) in [5.74, 6) is 0.802. The lowest BCUT2D eigenvalue weighted by molar-refractivity contribution is 0.100. The average molecular weight is 271 g/mol. The summed E-state index contributed by atoms with van der Waals surface area (Å²) in [7, 11) is 0. The van der Waals surface area contributed by atoms with E-state index in [1.54, 1.807) is 18.3 Å². The lowest BCUT2D eigenvalue weighted by atomic mass is 10.2. The van der Waals surface area contributed by atoms with Gasteiger partial charge >= 0.3 is 0 Å². The minimum atomic E-state index is -0.500. The van der Waals surface area contributed by atoms with Gasteiger partial charge in [-0.1, -0.05) is 12.1 Å². The number of primary amides is 1. The summed E-state index contributed by atoms with van der Waals surface area (Å²) in [5.41, 5.74) is 6.80. The molecule has 0 radical (unpaired) electrons. The maximum Gasteiger partial charge on any atom is 0.252 e. The van der Waals surface area contributed by atoms with Crippen molar-refractivity contribution in [2.24, 2.45) is 5.73 Å². The van der Waals surface area contributed by atoms with Crippen molar-refractivity contribution in [3.63, 3.8) is 0 Å². The molecule has 0 fully saturated rings. The molecule has 104 valence electrons. The molecule has 0 saturated heterocycles. The number of amides is 1. The van der Waals surface area contributed by atoms with Gasteiger partial charge in [0.25, 0.3) is 5.91 Å². The number of nitrogens with zero attached hydrogens (tertiary/aromatic N) is 1. The number of benzene rings is 1. The fourth-order valence-corrected chi connectivity index (χ4v) is 1.79. The highest BCUT2D eigenvalue weighted by molar-refractivity contribution is 5.97. The molecular weight excluding hydrogens is 254 g/mol. The van der Waals surface area contributed by atoms with Crippen LogP contribution in [0, 0.1) is 6.92 Å². The molecule has 5 nitrogen and oxygen atoms in total. The minimum absolute atomic E-state index is 0.378. The Bertz CT molecular complexity index is 599. The van der Waals surface area contributed by atoms with Crippen LogP contribution in [-0.2, 0) is 0 Å². The standard InChI is InChI=1S/C15H17N3O2/c1-11-4-2-5-12(10-11)20-9-8-18-15-13(14(16)19)6-3-7-17-15/h2-7,10H,8-9H2,1H3,(H2,16,19)(H,17,18). The number of nitrogens with one attached hydrogen (secondary N) is 1. The Morgan fingerprint density at radius 2 is 2.20 bits per heavy atom. The fraction of sp³-hybridized carbons (Fsp3) is 0.200. The highest BCUT2D eigenvalue weighted by Crippen LogP contribution is 2.13. The second kappa shape index (κ2) is 6.56. The third-order valence-electron chi connectivity index (χ3n) is 2.73. The second-order valence-corrected chi connectivity index (χ2v) is 4.36. The van der Waals surface area contributed by atoms with Gasteiger partial charge in [-0.3, -0.25) is 4.79 Å². The van der Waals surface area contributed by atoms with E-state index in [0.29, 0.717) is 24.5 Å². The molecule has 1 heterocycles. The zero-order chi connectivity index (χ0) is 14.4. The monoisotopic (exact) mass is 271 g/mol. The van der Waals surface area contributed by atoms with Gasteiger partial charge in [-0.2, -0.15) is 0 Å². The molecule has 0 aliphatic carbocycles. The predicted molar refractivity (Wildman–Crippen MR) is 77.9 cm³/mol. The summed E-state index contributed by atoms with van der Waals surface area (Å²) in [6.45, 7) is 3.02. The van der Waals surface area contributed by atoms with E-state index in [1.165, 1.54) is 0 Å². The van der Waals surface area contributed by atoms with Crippen LogP contribution in [0.1, 0.15) is 15.9 Å². The highest BCUT2D eigenvalue weighted by Gasteiger charge is 2.07. The smallest absolute Gasteiger partial charge is 0.252 e. The summed E-state index contributed by atoms with van der Waals surface area (Å²) < 4.78 is 5.60. The molecule has 1 aromatic heterocycles. The Kier molecular flexibility index (Phi) is 4.55. The first-order valence-electron chi connectivity index (χ1n) is 6.35. The molecule has 3 N–H and O–H groups in total. The largest absolute Gasteiger partial charge is 0.492 e. The summed E-state index contributed by atoms with van der Waals surface area (Å²) >= 11 is 0. The molecule has 0 unspecified atom stereocenters. The number of ether oxygens (including phenoxy) is 1. The fourth-order valence-electron chi connectivity index (χ4n) is 1.79. The number of carbonyl (C=O) groups excluding carboxylic acids is 1. The number of nitrogens with two attached hydrogens (primary N) is 1. The third-order valence-corrected chi connectivity index (χ3v) is 2.73. The summed E-state index contributed by atoms with van der Waals surface area (Å²) in [5, 5.41) is 3.04. The van der Waals surface area contributed by atoms with E-state index in [4.69, 9.17) is 10.5 Å². The Morgan fingerprint density at radius 1 is 1.35 bits per heavy atom. The van der Waals surface area contributed by atoms with Gasteiger partial charge in [0.15, 0.2) is 0 Å². The normalized spacial score (nSPS) is 10.1. The molecule has 0 bridgehead atoms. The second-order valence-electron chi connectivity index (χ2n) is 4.36. The lowest BCUT2D eigenvalue weighted by Gasteiger charge is -2.10. The van der Waals surface area contributed by atoms with Crippen LogP contribution in [0.4, 0.5) is 5.82 Å². The molecule has 0 spiro atoms. The van der Waals surface area contributed by atoms with Crippen LogP contribution in [0.5, 0.6) is 5.75 Å². The van der Waals surface area contributed by atoms with Crippen LogP contribution in [-0.4, -0.2) is 24.0 Å². The lowest BCUT2D eigenvalue weighted by Crippen LogP contribution is -2.18. The summed E-state index contributed by atoms with van der Waals surface area (Å²) in [6, 6.07) is 11.1. The van der Waals surface area contributed by atoms with Crippen molar-refractivity contribution >= 4 is 11.7 Å². The van der Waals surface area contributed by atoms with Gasteiger partial charge in [0.05, 0.1) is 12.1 Å². The number of rotatable bonds is 6. The van der Waals surface area contributed by atoms with Crippen molar-refractivity contribution in [1.82, 2.24) is 4.98 Å². The van der Waals surface area contributed by atoms with Crippen molar-refractivity contribution in [1.29, 1.82) is 0 Å². The van der Waals surface area contributed by atoms with E-state index >= 15 is 0 Å². The maximum absolute atomic E-state index is 11.2. The van der Waals surface area contributed by atoms with Gasteiger partial charge in [-0.15, -0.1) is 0 Å². The Hall–Kier alpha value is -2.56. The minimum Gasteiger partial charge on any atom is -0.492 e. The number of carbonyl (C=O) groups is 1. The third kappa shape index (κ3) is 3.71. The summed E-state index contributed by atoms with van der Waals surface area (Å²) in [6.07, 6.45) is 1.61. The number of aromatic nitrogens is 1. The number of aryl methyl sites for hydroxylation is 1. The van der Waals surface area contributed by atoms with E-state index in [0.717, 1.165) is 11.3 Å². The molecule has 0 aliphatic rings. The first-order chi connectivity index (χ1) is 9.66. The number of pyridine rings is 1. The van der Waals surface area contributed by atoms with E-state index in [1.807, 2.05) is 31.2 Å². The number of hydrogen-bond acceptors (Lipinski definition) is 4. The predicted octanol–water partition coefficient (Wildman–Crippen LogP) is 1.98. The molecule has 5 heteroatoms. The van der Waals surface area contributed by atoms with Crippen molar-refractivity contribution in [3.05, 3.63) is 53.7 Å². The van der Waals surface area contributed by atoms with Crippen LogP contribution in [0.3, 0.4) is 0 Å². The quantitative estimate of drug-likeness (QED) is 0.788. The Labute approximate surface area is 117 Å². The molecule has 2 rings (SSSR count). The van der Waals surface area contributed by atoms with Crippen molar-refractivity contribution in [2.45, 2.75) is 6.92 Å². The zero-order valence-corrected chi connectivity index (χ0v) is 11.3. The van der Waals surface area contributed by atoms with Crippen LogP contribution in [0.25, 0.3) is 0 Å². The molecule has 2 aromatic rings. The van der Waals surface area contributed by atoms with E-state index in [-0.39, 0.29) is 0 Å². The first-order valence-corrected chi connectivity index (χ1v) is 6.35. The first kappa shape index (κ1) is 13.9. The zero-order valence-electron chi connectivity index (χ0n) is 11.3. The van der Waals surface area contributed by atoms with E-state index in [9.17, 15) is 4.79 Å². The SMILES string of the molecule is Cc1cccc(OCCNc2ncccc2C(N)=O)c1. The van der Waals surface area contributed by atoms with Crippen LogP contribution in [0.2, 0.25) is 0 Å². The summed E-state index contributed by atoms with van der Waals surface area (Å²) in [4.78, 5) is 15.3.